The summed E-state index contributed by atoms with van der Waals surface area (Å²) in [6.45, 7) is 1.63. The molecule has 1 atom stereocenters. The van der Waals surface area contributed by atoms with E-state index in [1.165, 1.54) is 6.42 Å². The van der Waals surface area contributed by atoms with Crippen molar-refractivity contribution >= 4 is 15.9 Å². The van der Waals surface area contributed by atoms with Gasteiger partial charge in [0.2, 0.25) is 0 Å². The summed E-state index contributed by atoms with van der Waals surface area (Å²) in [6.07, 6.45) is 1.10. The van der Waals surface area contributed by atoms with Crippen LogP contribution in [0.3, 0.4) is 0 Å². The Morgan fingerprint density at radius 3 is 2.69 bits per heavy atom. The van der Waals surface area contributed by atoms with Crippen LogP contribution in [0.2, 0.25) is 0 Å². The predicted molar refractivity (Wildman–Crippen MR) is 53.6 cm³/mol. The summed E-state index contributed by atoms with van der Waals surface area (Å²) >= 11 is 3.45. The monoisotopic (exact) mass is 255 g/mol. The van der Waals surface area contributed by atoms with E-state index in [1.54, 1.807) is 0 Å². The Morgan fingerprint density at radius 2 is 2.08 bits per heavy atom. The molecule has 0 radical (unpaired) electrons. The first-order chi connectivity index (χ1) is 6.22. The van der Waals surface area contributed by atoms with E-state index in [9.17, 15) is 8.78 Å². The zero-order valence-electron chi connectivity index (χ0n) is 7.69. The summed E-state index contributed by atoms with van der Waals surface area (Å²) < 4.78 is 24.2. The maximum atomic E-state index is 12.1. The molecule has 1 rings (SSSR count). The van der Waals surface area contributed by atoms with Gasteiger partial charge in [-0.2, -0.15) is 0 Å². The fourth-order valence-corrected chi connectivity index (χ4v) is 2.40. The van der Waals surface area contributed by atoms with Gasteiger partial charge in [-0.3, -0.25) is 4.90 Å². The minimum atomic E-state index is -2.18. The van der Waals surface area contributed by atoms with Crippen molar-refractivity contribution in [3.05, 3.63) is 0 Å². The number of hydrogen-bond acceptors (Lipinski definition) is 1. The Labute approximate surface area is 86.6 Å². The molecule has 0 bridgehead atoms. The lowest BCUT2D eigenvalue weighted by atomic mass is 10.0. The summed E-state index contributed by atoms with van der Waals surface area (Å²) in [4.78, 5) is 1.88. The molecule has 0 aromatic heterocycles. The highest BCUT2D eigenvalue weighted by atomic mass is 79.9. The van der Waals surface area contributed by atoms with Crippen molar-refractivity contribution in [1.82, 2.24) is 4.90 Å². The highest BCUT2D eigenvalue weighted by Gasteiger charge is 2.18. The first-order valence-corrected chi connectivity index (χ1v) is 5.91. The first-order valence-electron chi connectivity index (χ1n) is 4.79. The van der Waals surface area contributed by atoms with E-state index in [0.29, 0.717) is 5.92 Å². The second-order valence-electron chi connectivity index (χ2n) is 3.64. The standard InChI is InChI=1S/C9H16BrF2N/c10-6-8-2-1-4-13(5-3-8)7-9(11)12/h8-9H,1-7H2. The van der Waals surface area contributed by atoms with E-state index in [4.69, 9.17) is 0 Å². The third kappa shape index (κ3) is 4.36. The Hall–Kier alpha value is 0.300. The van der Waals surface area contributed by atoms with E-state index in [-0.39, 0.29) is 6.54 Å². The zero-order valence-corrected chi connectivity index (χ0v) is 9.27. The molecule has 1 heterocycles. The van der Waals surface area contributed by atoms with Gasteiger partial charge >= 0.3 is 0 Å². The van der Waals surface area contributed by atoms with Gasteiger partial charge in [-0.25, -0.2) is 8.78 Å². The SMILES string of the molecule is FC(F)CN1CCCC(CBr)CC1. The zero-order chi connectivity index (χ0) is 9.68. The fraction of sp³-hybridized carbons (Fsp3) is 1.00. The lowest BCUT2D eigenvalue weighted by molar-refractivity contribution is 0.0896. The van der Waals surface area contributed by atoms with Crippen LogP contribution >= 0.6 is 15.9 Å². The molecule has 0 spiro atoms. The number of alkyl halides is 3. The van der Waals surface area contributed by atoms with E-state index >= 15 is 0 Å². The van der Waals surface area contributed by atoms with Gasteiger partial charge in [-0.15, -0.1) is 0 Å². The minimum absolute atomic E-state index is 0.0466. The molecular formula is C9H16BrF2N. The van der Waals surface area contributed by atoms with Crippen LogP contribution in [0.1, 0.15) is 19.3 Å². The first kappa shape index (κ1) is 11.4. The number of likely N-dealkylation sites (tertiary alicyclic amines) is 1. The molecule has 13 heavy (non-hydrogen) atoms. The van der Waals surface area contributed by atoms with Gasteiger partial charge < -0.3 is 0 Å². The Kier molecular flexibility index (Phi) is 5.17. The number of halogens is 3. The number of nitrogens with zero attached hydrogens (tertiary/aromatic N) is 1. The Bertz CT molecular complexity index is 144. The molecular weight excluding hydrogens is 240 g/mol. The van der Waals surface area contributed by atoms with Gasteiger partial charge in [-0.1, -0.05) is 15.9 Å². The topological polar surface area (TPSA) is 3.24 Å². The van der Waals surface area contributed by atoms with Crippen molar-refractivity contribution < 1.29 is 8.78 Å². The van der Waals surface area contributed by atoms with Gasteiger partial charge in [0.05, 0.1) is 6.54 Å². The molecule has 1 saturated heterocycles. The van der Waals surface area contributed by atoms with Gasteiger partial charge in [0, 0.05) is 5.33 Å². The van der Waals surface area contributed by atoms with Crippen molar-refractivity contribution in [2.75, 3.05) is 25.0 Å². The average molecular weight is 256 g/mol. The lowest BCUT2D eigenvalue weighted by Gasteiger charge is -2.18. The summed E-state index contributed by atoms with van der Waals surface area (Å²) in [7, 11) is 0. The van der Waals surface area contributed by atoms with Crippen molar-refractivity contribution in [1.29, 1.82) is 0 Å². The van der Waals surface area contributed by atoms with Crippen molar-refractivity contribution in [3.8, 4) is 0 Å². The maximum Gasteiger partial charge on any atom is 0.251 e. The van der Waals surface area contributed by atoms with Crippen LogP contribution in [0.4, 0.5) is 8.78 Å². The molecule has 0 N–H and O–H groups in total. The summed E-state index contributed by atoms with van der Waals surface area (Å²) in [5, 5.41) is 1.01. The van der Waals surface area contributed by atoms with Crippen LogP contribution in [0, 0.1) is 5.92 Å². The highest BCUT2D eigenvalue weighted by Crippen LogP contribution is 2.19. The van der Waals surface area contributed by atoms with Crippen LogP contribution < -0.4 is 0 Å². The van der Waals surface area contributed by atoms with E-state index in [1.807, 2.05) is 4.90 Å². The normalized spacial score (nSPS) is 26.3. The van der Waals surface area contributed by atoms with Crippen molar-refractivity contribution in [3.63, 3.8) is 0 Å². The van der Waals surface area contributed by atoms with Gasteiger partial charge in [-0.05, 0) is 38.3 Å². The van der Waals surface area contributed by atoms with Crippen LogP contribution in [0.5, 0.6) is 0 Å². The summed E-state index contributed by atoms with van der Waals surface area (Å²) in [5.41, 5.74) is 0. The fourth-order valence-electron chi connectivity index (χ4n) is 1.76. The lowest BCUT2D eigenvalue weighted by Crippen LogP contribution is -2.29. The molecule has 1 aliphatic rings. The molecule has 1 unspecified atom stereocenters. The third-order valence-electron chi connectivity index (χ3n) is 2.55. The van der Waals surface area contributed by atoms with E-state index in [2.05, 4.69) is 15.9 Å². The smallest absolute Gasteiger partial charge is 0.251 e. The predicted octanol–water partition coefficient (Wildman–Crippen LogP) is 2.75. The molecule has 0 amide bonds. The molecule has 0 saturated carbocycles. The minimum Gasteiger partial charge on any atom is -0.298 e. The molecule has 78 valence electrons. The average Bonchev–Trinajstić information content (AvgIpc) is 2.29. The highest BCUT2D eigenvalue weighted by molar-refractivity contribution is 9.09. The second-order valence-corrected chi connectivity index (χ2v) is 4.29. The van der Waals surface area contributed by atoms with Crippen LogP contribution in [0.15, 0.2) is 0 Å². The van der Waals surface area contributed by atoms with Gasteiger partial charge in [0.15, 0.2) is 0 Å². The van der Waals surface area contributed by atoms with Gasteiger partial charge in [0.1, 0.15) is 0 Å². The van der Waals surface area contributed by atoms with Crippen LogP contribution in [-0.4, -0.2) is 36.3 Å². The quantitative estimate of drug-likeness (QED) is 0.702. The summed E-state index contributed by atoms with van der Waals surface area (Å²) in [6, 6.07) is 0. The van der Waals surface area contributed by atoms with Gasteiger partial charge in [0.25, 0.3) is 6.43 Å². The van der Waals surface area contributed by atoms with E-state index in [0.717, 1.165) is 31.3 Å². The molecule has 1 aliphatic heterocycles. The molecule has 0 aromatic rings. The van der Waals surface area contributed by atoms with Crippen LogP contribution in [0.25, 0.3) is 0 Å². The van der Waals surface area contributed by atoms with E-state index < -0.39 is 6.43 Å². The number of hydrogen-bond donors (Lipinski definition) is 0. The molecule has 0 aromatic carbocycles. The van der Waals surface area contributed by atoms with Crippen molar-refractivity contribution in [2.24, 2.45) is 5.92 Å². The maximum absolute atomic E-state index is 12.1. The van der Waals surface area contributed by atoms with Crippen LogP contribution in [-0.2, 0) is 0 Å². The molecule has 1 fully saturated rings. The third-order valence-corrected chi connectivity index (χ3v) is 3.47. The summed E-state index contributed by atoms with van der Waals surface area (Å²) in [5.74, 6) is 0.683. The largest absolute Gasteiger partial charge is 0.298 e. The van der Waals surface area contributed by atoms with Crippen molar-refractivity contribution in [2.45, 2.75) is 25.7 Å². The molecule has 4 heteroatoms. The number of rotatable bonds is 3. The molecule has 1 nitrogen and oxygen atoms in total. The second kappa shape index (κ2) is 5.91. The molecule has 0 aliphatic carbocycles. The Balaban J connectivity index is 2.27. The Morgan fingerprint density at radius 1 is 1.31 bits per heavy atom.